The number of carbonyl (C=O) groups excluding carboxylic acids is 12. The van der Waals surface area contributed by atoms with Gasteiger partial charge in [-0.2, -0.15) is 13.2 Å². The second-order valence-corrected chi connectivity index (χ2v) is 21.8. The zero-order valence-corrected chi connectivity index (χ0v) is 48.7. The summed E-state index contributed by atoms with van der Waals surface area (Å²) in [5.74, 6) is -10.3. The van der Waals surface area contributed by atoms with Crippen molar-refractivity contribution in [1.29, 1.82) is 0 Å². The highest BCUT2D eigenvalue weighted by Gasteiger charge is 2.41. The Labute approximate surface area is 481 Å². The molecule has 0 aromatic heterocycles. The first kappa shape index (κ1) is 71.8. The fourth-order valence-corrected chi connectivity index (χ4v) is 9.35. The highest BCUT2D eigenvalue weighted by Crippen LogP contribution is 2.22. The lowest BCUT2D eigenvalue weighted by atomic mass is 10.0. The van der Waals surface area contributed by atoms with E-state index in [9.17, 15) is 70.7 Å². The van der Waals surface area contributed by atoms with Gasteiger partial charge in [0.15, 0.2) is 5.96 Å². The predicted octanol–water partition coefficient (Wildman–Crippen LogP) is -2.85. The summed E-state index contributed by atoms with van der Waals surface area (Å²) in [6.07, 6.45) is -2.19. The number of amides is 12. The topological polar surface area (TPSA) is 436 Å². The van der Waals surface area contributed by atoms with E-state index in [1.807, 2.05) is 13.8 Å². The Morgan fingerprint density at radius 1 is 0.554 bits per heavy atom. The van der Waals surface area contributed by atoms with Gasteiger partial charge in [0.25, 0.3) is 0 Å². The maximum absolute atomic E-state index is 14.1. The van der Waals surface area contributed by atoms with E-state index >= 15 is 0 Å². The molecule has 0 saturated carbocycles. The number of alkyl halides is 3. The Bertz CT molecular complexity index is 2290. The summed E-state index contributed by atoms with van der Waals surface area (Å²) in [4.78, 5) is 165. The van der Waals surface area contributed by atoms with E-state index in [4.69, 9.17) is 22.9 Å². The summed E-state index contributed by atoms with van der Waals surface area (Å²) >= 11 is 0. The van der Waals surface area contributed by atoms with E-state index in [0.29, 0.717) is 38.5 Å². The number of nitrogens with zero attached hydrogens (tertiary/aromatic N) is 3. The largest absolute Gasteiger partial charge is 0.471 e. The molecule has 31 heteroatoms. The molecule has 0 unspecified atom stereocenters. The molecule has 0 aromatic carbocycles. The maximum Gasteiger partial charge on any atom is 0.471 e. The van der Waals surface area contributed by atoms with Crippen molar-refractivity contribution in [2.24, 2.45) is 39.8 Å². The second kappa shape index (κ2) is 35.6. The molecular formula is C52H89F3N16O12. The Balaban J connectivity index is 2.16. The minimum absolute atomic E-state index is 0.0358. The standard InChI is InChI=1S/C52H89F3N16O12/c1-28(2)25-36(41(57)74)68-47(80)38-18-13-23-70(38)40(73)27-62-44(77)33(15-8-10-20-56)66-43(76)31(6)63-42(75)30(5)64-46(79)37(26-29(3)4)69-45(78)34(17-12-22-61-51(58)59)67-48(81)39-19-14-24-71(39)49(82)35(65-32(7)72)16-9-11-21-60-50(83)52(53,54)55/h28-31,33-39H,8-27,56H2,1-7H3,(H2,57,74)(H,60,83)(H,62,77)(H,63,75)(H,64,79)(H,65,72)(H,66,76)(H,67,81)(H,68,80)(H,69,78)(H4,58,59,61)/t30-,31-,33-,34-,35-,36-,37-,38-,39-/m0/s1. The summed E-state index contributed by atoms with van der Waals surface area (Å²) < 4.78 is 37.9. The maximum atomic E-state index is 14.1. The molecule has 2 aliphatic rings. The van der Waals surface area contributed by atoms with Gasteiger partial charge < -0.3 is 80.6 Å². The Hall–Kier alpha value is -7.34. The average Bonchev–Trinajstić information content (AvgIpc) is 4.18. The normalized spacial score (nSPS) is 17.6. The van der Waals surface area contributed by atoms with Gasteiger partial charge in [-0.05, 0) is 122 Å². The zero-order chi connectivity index (χ0) is 62.7. The van der Waals surface area contributed by atoms with E-state index in [-0.39, 0.29) is 102 Å². The molecule has 12 amide bonds. The number of halogens is 3. The molecule has 17 N–H and O–H groups in total. The molecule has 0 aromatic rings. The molecule has 2 heterocycles. The van der Waals surface area contributed by atoms with Gasteiger partial charge in [-0.1, -0.05) is 27.7 Å². The summed E-state index contributed by atoms with van der Waals surface area (Å²) in [5.41, 5.74) is 22.1. The number of carbonyl (C=O) groups is 12. The smallest absolute Gasteiger partial charge is 0.370 e. The minimum atomic E-state index is -5.07. The molecule has 0 radical (unpaired) electrons. The molecule has 0 bridgehead atoms. The number of likely N-dealkylation sites (tertiary alicyclic amines) is 2. The quantitative estimate of drug-likeness (QED) is 0.0173. The molecule has 9 atom stereocenters. The lowest BCUT2D eigenvalue weighted by Gasteiger charge is -2.30. The SMILES string of the molecule is CC(=O)N[C@@H](CCCCNC(=O)C(F)(F)F)C(=O)N1CCC[C@H]1C(=O)N[C@@H](CCCN=C(N)N)C(=O)N[C@@H](CC(C)C)C(=O)N[C@@H](C)C(=O)N[C@@H](C)C(=O)N[C@@H](CCCCN)C(=O)NCC(=O)N1CCC[C@H]1C(=O)N[C@@H](CC(C)C)C(N)=O. The van der Waals surface area contributed by atoms with Gasteiger partial charge >= 0.3 is 12.1 Å². The van der Waals surface area contributed by atoms with Crippen LogP contribution in [0, 0.1) is 11.8 Å². The third-order valence-corrected chi connectivity index (χ3v) is 13.6. The molecule has 83 heavy (non-hydrogen) atoms. The molecule has 2 saturated heterocycles. The predicted molar refractivity (Wildman–Crippen MR) is 297 cm³/mol. The van der Waals surface area contributed by atoms with Crippen molar-refractivity contribution in [3.63, 3.8) is 0 Å². The fourth-order valence-electron chi connectivity index (χ4n) is 9.35. The minimum Gasteiger partial charge on any atom is -0.370 e. The third-order valence-electron chi connectivity index (χ3n) is 13.6. The average molecular weight is 1190 g/mol. The molecule has 2 aliphatic heterocycles. The van der Waals surface area contributed by atoms with Crippen molar-refractivity contribution >= 4 is 76.8 Å². The van der Waals surface area contributed by atoms with Gasteiger partial charge in [-0.25, -0.2) is 0 Å². The summed E-state index contributed by atoms with van der Waals surface area (Å²) in [5, 5.41) is 22.4. The highest BCUT2D eigenvalue weighted by molar-refractivity contribution is 5.98. The molecule has 28 nitrogen and oxygen atoms in total. The summed E-state index contributed by atoms with van der Waals surface area (Å²) in [6.45, 7) is 10.9. The van der Waals surface area contributed by atoms with Gasteiger partial charge in [0, 0.05) is 33.1 Å². The lowest BCUT2D eigenvalue weighted by Crippen LogP contribution is -2.59. The number of primary amides is 1. The molecule has 2 rings (SSSR count). The van der Waals surface area contributed by atoms with E-state index in [1.165, 1.54) is 23.6 Å². The fraction of sp³-hybridized carbons (Fsp3) is 0.750. The Morgan fingerprint density at radius 3 is 1.59 bits per heavy atom. The number of aliphatic imine (C=N–C) groups is 1. The third kappa shape index (κ3) is 25.8. The van der Waals surface area contributed by atoms with Gasteiger partial charge in [0.1, 0.15) is 54.4 Å². The molecule has 470 valence electrons. The van der Waals surface area contributed by atoms with Crippen molar-refractivity contribution in [2.75, 3.05) is 39.3 Å². The summed E-state index contributed by atoms with van der Waals surface area (Å²) in [6, 6.07) is -10.5. The number of nitrogens with two attached hydrogens (primary N) is 4. The number of hydrogen-bond acceptors (Lipinski definition) is 14. The second-order valence-electron chi connectivity index (χ2n) is 21.8. The number of hydrogen-bond donors (Lipinski definition) is 13. The van der Waals surface area contributed by atoms with Crippen molar-refractivity contribution in [2.45, 2.75) is 199 Å². The number of guanidine groups is 1. The van der Waals surface area contributed by atoms with Crippen molar-refractivity contribution in [3.8, 4) is 0 Å². The lowest BCUT2D eigenvalue weighted by molar-refractivity contribution is -0.173. The van der Waals surface area contributed by atoms with Crippen molar-refractivity contribution < 1.29 is 70.7 Å². The van der Waals surface area contributed by atoms with E-state index in [2.05, 4.69) is 47.5 Å². The monoisotopic (exact) mass is 1190 g/mol. The first-order chi connectivity index (χ1) is 38.9. The summed E-state index contributed by atoms with van der Waals surface area (Å²) in [7, 11) is 0. The van der Waals surface area contributed by atoms with E-state index < -0.39 is 138 Å². The molecular weight excluding hydrogens is 1100 g/mol. The number of unbranched alkanes of at least 4 members (excludes halogenated alkanes) is 2. The van der Waals surface area contributed by atoms with Crippen LogP contribution in [0.4, 0.5) is 13.2 Å². The van der Waals surface area contributed by atoms with Crippen LogP contribution in [-0.4, -0.2) is 186 Å². The van der Waals surface area contributed by atoms with Crippen LogP contribution in [0.25, 0.3) is 0 Å². The van der Waals surface area contributed by atoms with Crippen LogP contribution >= 0.6 is 0 Å². The molecule has 2 fully saturated rings. The first-order valence-corrected chi connectivity index (χ1v) is 28.2. The van der Waals surface area contributed by atoms with Gasteiger partial charge in [-0.15, -0.1) is 0 Å². The van der Waals surface area contributed by atoms with Crippen molar-refractivity contribution in [1.82, 2.24) is 57.7 Å². The first-order valence-electron chi connectivity index (χ1n) is 28.2. The van der Waals surface area contributed by atoms with Crippen LogP contribution in [0.5, 0.6) is 0 Å². The van der Waals surface area contributed by atoms with Crippen LogP contribution in [-0.2, 0) is 57.5 Å². The van der Waals surface area contributed by atoms with E-state index in [1.54, 1.807) is 19.2 Å². The molecule has 0 spiro atoms. The van der Waals surface area contributed by atoms with Gasteiger partial charge in [0.05, 0.1) is 6.54 Å². The molecule has 0 aliphatic carbocycles. The number of rotatable bonds is 35. The zero-order valence-electron chi connectivity index (χ0n) is 48.7. The van der Waals surface area contributed by atoms with Crippen molar-refractivity contribution in [3.05, 3.63) is 0 Å². The van der Waals surface area contributed by atoms with Crippen LogP contribution in [0.3, 0.4) is 0 Å². The Morgan fingerprint density at radius 2 is 1.04 bits per heavy atom. The number of nitrogens with one attached hydrogen (secondary N) is 9. The van der Waals surface area contributed by atoms with Crippen LogP contribution in [0.1, 0.15) is 138 Å². The van der Waals surface area contributed by atoms with Crippen LogP contribution in [0.2, 0.25) is 0 Å². The van der Waals surface area contributed by atoms with Gasteiger partial charge in [0.2, 0.25) is 65.0 Å². The van der Waals surface area contributed by atoms with Crippen LogP contribution in [0.15, 0.2) is 4.99 Å². The van der Waals surface area contributed by atoms with Gasteiger partial charge in [-0.3, -0.25) is 62.5 Å². The Kier molecular flexibility index (Phi) is 30.8. The van der Waals surface area contributed by atoms with Crippen LogP contribution < -0.4 is 70.8 Å². The highest BCUT2D eigenvalue weighted by atomic mass is 19.4. The van der Waals surface area contributed by atoms with E-state index in [0.717, 1.165) is 6.92 Å².